The van der Waals surface area contributed by atoms with E-state index in [2.05, 4.69) is 98.0 Å². The molecule has 0 spiro atoms. The van der Waals surface area contributed by atoms with Gasteiger partial charge in [-0.2, -0.15) is 0 Å². The van der Waals surface area contributed by atoms with Crippen LogP contribution in [0.4, 0.5) is 5.95 Å². The van der Waals surface area contributed by atoms with E-state index in [0.29, 0.717) is 11.8 Å². The Balaban J connectivity index is 1.53. The molecule has 0 unspecified atom stereocenters. The third-order valence-electron chi connectivity index (χ3n) is 6.93. The molecule has 0 bridgehead atoms. The topological polar surface area (TPSA) is 34.2 Å². The first-order chi connectivity index (χ1) is 17.5. The molecular weight excluding hydrogens is 441 g/mol. The van der Waals surface area contributed by atoms with Crippen LogP contribution in [0.15, 0.2) is 83.5 Å². The maximum atomic E-state index is 6.06. The average Bonchev–Trinajstić information content (AvgIpc) is 3.53. The predicted molar refractivity (Wildman–Crippen MR) is 150 cm³/mol. The number of imidazole rings is 1. The fraction of sp³-hybridized carbons (Fsp3) is 0.194. The predicted octanol–water partition coefficient (Wildman–Crippen LogP) is 6.15. The van der Waals surface area contributed by atoms with Gasteiger partial charge in [-0.3, -0.25) is 4.57 Å². The minimum atomic E-state index is 0.349. The quantitative estimate of drug-likeness (QED) is 0.289. The number of benzene rings is 3. The number of nitrogens with zero attached hydrogens (tertiary/aromatic N) is 3. The molecule has 5 aromatic rings. The van der Waals surface area contributed by atoms with Crippen molar-refractivity contribution in [2.24, 2.45) is 0 Å². The molecule has 1 aliphatic heterocycles. The first kappa shape index (κ1) is 22.5. The van der Waals surface area contributed by atoms with Crippen LogP contribution in [0.5, 0.6) is 0 Å². The summed E-state index contributed by atoms with van der Waals surface area (Å²) >= 11 is 0. The monoisotopic (exact) mass is 470 g/mol. The highest BCUT2D eigenvalue weighted by molar-refractivity contribution is 6.59. The van der Waals surface area contributed by atoms with E-state index in [4.69, 9.17) is 9.40 Å². The summed E-state index contributed by atoms with van der Waals surface area (Å²) < 4.78 is 8.30. The second-order valence-corrected chi connectivity index (χ2v) is 10.0. The van der Waals surface area contributed by atoms with Crippen LogP contribution < -0.4 is 15.4 Å². The van der Waals surface area contributed by atoms with Gasteiger partial charge in [0.05, 0.1) is 5.69 Å². The summed E-state index contributed by atoms with van der Waals surface area (Å²) in [5.41, 5.74) is 8.12. The van der Waals surface area contributed by atoms with Crippen LogP contribution in [0.3, 0.4) is 0 Å². The largest absolute Gasteiger partial charge is 0.457 e. The van der Waals surface area contributed by atoms with Gasteiger partial charge in [-0.05, 0) is 52.3 Å². The molecule has 0 saturated carbocycles. The summed E-state index contributed by atoms with van der Waals surface area (Å²) in [4.78, 5) is 6.91. The lowest BCUT2D eigenvalue weighted by molar-refractivity contribution is 0.576. The Morgan fingerprint density at radius 1 is 0.833 bits per heavy atom. The highest BCUT2D eigenvalue weighted by Gasteiger charge is 2.23. The van der Waals surface area contributed by atoms with E-state index < -0.39 is 0 Å². The number of anilines is 1. The smallest absolute Gasteiger partial charge is 0.290 e. The zero-order valence-corrected chi connectivity index (χ0v) is 21.1. The Morgan fingerprint density at radius 2 is 1.53 bits per heavy atom. The van der Waals surface area contributed by atoms with Crippen LogP contribution in [0.1, 0.15) is 50.7 Å². The molecule has 6 rings (SSSR count). The van der Waals surface area contributed by atoms with Gasteiger partial charge < -0.3 is 9.23 Å². The number of hydrogen-bond donors (Lipinski definition) is 0. The van der Waals surface area contributed by atoms with Crippen LogP contribution in [0.2, 0.25) is 0 Å². The lowest BCUT2D eigenvalue weighted by atomic mass is 9.87. The molecule has 0 aliphatic carbocycles. The van der Waals surface area contributed by atoms with Gasteiger partial charge in [-0.15, -0.1) is 0 Å². The molecule has 3 heterocycles. The van der Waals surface area contributed by atoms with Gasteiger partial charge in [0, 0.05) is 29.2 Å². The van der Waals surface area contributed by atoms with Crippen molar-refractivity contribution in [3.8, 4) is 16.8 Å². The number of hydrogen-bond acceptors (Lipinski definition) is 3. The van der Waals surface area contributed by atoms with Crippen molar-refractivity contribution in [1.82, 2.24) is 9.55 Å². The lowest BCUT2D eigenvalue weighted by Gasteiger charge is -2.26. The Morgan fingerprint density at radius 3 is 2.25 bits per heavy atom. The Bertz CT molecular complexity index is 1650. The second kappa shape index (κ2) is 8.91. The number of para-hydroxylation sites is 1. The molecule has 0 N–H and O–H groups in total. The first-order valence-electron chi connectivity index (χ1n) is 12.6. The maximum Gasteiger partial charge on any atom is 0.290 e. The van der Waals surface area contributed by atoms with Gasteiger partial charge in [0.15, 0.2) is 0 Å². The number of fused-ring (bicyclic) bond motifs is 3. The van der Waals surface area contributed by atoms with Gasteiger partial charge in [0.25, 0.3) is 7.41 Å². The van der Waals surface area contributed by atoms with E-state index in [9.17, 15) is 0 Å². The minimum Gasteiger partial charge on any atom is -0.457 e. The molecule has 0 saturated heterocycles. The second-order valence-electron chi connectivity index (χ2n) is 10.0. The number of aromatic nitrogens is 2. The molecule has 177 valence electrons. The molecular formula is C31H29BN3O. The van der Waals surface area contributed by atoms with E-state index in [1.165, 1.54) is 27.9 Å². The standard InChI is InChI=1S/C31H29BN3O/c1-20(2)25-16-23(22-10-6-5-7-11-22)17-26(21(3)4)30(25)34-15-14-33-31(34)35-19-27-24-12-8-9-13-28(24)36-29(27)18-32-35/h5-21H,1-4H3. The molecule has 1 radical (unpaired) electrons. The molecule has 36 heavy (non-hydrogen) atoms. The van der Waals surface area contributed by atoms with Crippen LogP contribution >= 0.6 is 0 Å². The normalized spacial score (nSPS) is 13.0. The molecule has 3 aromatic carbocycles. The molecule has 4 nitrogen and oxygen atoms in total. The molecule has 0 fully saturated rings. The van der Waals surface area contributed by atoms with Gasteiger partial charge in [0.1, 0.15) is 11.0 Å². The van der Waals surface area contributed by atoms with E-state index in [-0.39, 0.29) is 0 Å². The third kappa shape index (κ3) is 3.76. The highest BCUT2D eigenvalue weighted by Crippen LogP contribution is 2.37. The summed E-state index contributed by atoms with van der Waals surface area (Å²) in [5.74, 6) is 3.58. The molecule has 2 aromatic heterocycles. The van der Waals surface area contributed by atoms with Gasteiger partial charge >= 0.3 is 0 Å². The Kier molecular flexibility index (Phi) is 5.56. The van der Waals surface area contributed by atoms with Crippen molar-refractivity contribution in [1.29, 1.82) is 0 Å². The summed E-state index contributed by atoms with van der Waals surface area (Å²) in [6.07, 6.45) is 6.09. The van der Waals surface area contributed by atoms with Crippen molar-refractivity contribution in [3.05, 3.63) is 101 Å². The Labute approximate surface area is 212 Å². The number of furan rings is 1. The van der Waals surface area contributed by atoms with Gasteiger partial charge in [-0.25, -0.2) is 4.98 Å². The van der Waals surface area contributed by atoms with E-state index in [0.717, 1.165) is 27.6 Å². The van der Waals surface area contributed by atoms with Gasteiger partial charge in [-0.1, -0.05) is 82.2 Å². The zero-order chi connectivity index (χ0) is 24.8. The van der Waals surface area contributed by atoms with E-state index in [1.807, 2.05) is 37.8 Å². The Hall–Kier alpha value is -3.99. The van der Waals surface area contributed by atoms with Crippen molar-refractivity contribution in [3.63, 3.8) is 0 Å². The van der Waals surface area contributed by atoms with E-state index in [1.54, 1.807) is 0 Å². The summed E-state index contributed by atoms with van der Waals surface area (Å²) in [5, 5.41) is 2.19. The summed E-state index contributed by atoms with van der Waals surface area (Å²) in [7, 11) is 2.03. The molecule has 0 atom stereocenters. The molecule has 0 amide bonds. The summed E-state index contributed by atoms with van der Waals surface area (Å²) in [6, 6.07) is 23.5. The van der Waals surface area contributed by atoms with Crippen LogP contribution in [0.25, 0.3) is 40.0 Å². The molecule has 1 aliphatic rings. The van der Waals surface area contributed by atoms with Crippen LogP contribution in [-0.4, -0.2) is 17.0 Å². The zero-order valence-electron chi connectivity index (χ0n) is 21.1. The van der Waals surface area contributed by atoms with Crippen LogP contribution in [-0.2, 0) is 0 Å². The van der Waals surface area contributed by atoms with Crippen LogP contribution in [0, 0.1) is 0 Å². The van der Waals surface area contributed by atoms with Crippen molar-refractivity contribution < 1.29 is 4.42 Å². The summed E-state index contributed by atoms with van der Waals surface area (Å²) in [6.45, 7) is 9.08. The highest BCUT2D eigenvalue weighted by atomic mass is 16.3. The fourth-order valence-electron chi connectivity index (χ4n) is 5.09. The fourth-order valence-corrected chi connectivity index (χ4v) is 5.09. The van der Waals surface area contributed by atoms with Crippen molar-refractivity contribution in [2.45, 2.75) is 39.5 Å². The van der Waals surface area contributed by atoms with Crippen molar-refractivity contribution >= 4 is 36.5 Å². The lowest BCUT2D eigenvalue weighted by Crippen LogP contribution is -2.36. The third-order valence-corrected chi connectivity index (χ3v) is 6.93. The SMILES string of the molecule is CC(C)c1cc(-c2ccccc2)cc(C(C)C)c1-n1ccnc1N1[B]C=c2oc3ccccc3c2=C1. The minimum absolute atomic E-state index is 0.349. The number of rotatable bonds is 5. The van der Waals surface area contributed by atoms with E-state index >= 15 is 0 Å². The van der Waals surface area contributed by atoms with Gasteiger partial charge in [0.2, 0.25) is 5.95 Å². The first-order valence-corrected chi connectivity index (χ1v) is 12.6. The molecule has 5 heteroatoms. The maximum absolute atomic E-state index is 6.06. The average molecular weight is 470 g/mol. The van der Waals surface area contributed by atoms with Crippen molar-refractivity contribution in [2.75, 3.05) is 4.81 Å².